The number of ether oxygens (including phenoxy) is 2. The van der Waals surface area contributed by atoms with Crippen molar-refractivity contribution in [3.05, 3.63) is 5.21 Å². The molecule has 2 unspecified atom stereocenters. The number of cyclic esters (lactones) is 2. The lowest BCUT2D eigenvalue weighted by Gasteiger charge is -2.38. The second-order valence-electron chi connectivity index (χ2n) is 9.30. The van der Waals surface area contributed by atoms with E-state index in [9.17, 15) is 14.8 Å². The fourth-order valence-electron chi connectivity index (χ4n) is 3.84. The van der Waals surface area contributed by atoms with Gasteiger partial charge in [-0.05, 0) is 49.4 Å². The summed E-state index contributed by atoms with van der Waals surface area (Å²) in [7, 11) is 0. The highest BCUT2D eigenvalue weighted by molar-refractivity contribution is 5.78. The first-order valence-corrected chi connectivity index (χ1v) is 9.98. The Morgan fingerprint density at radius 3 is 1.50 bits per heavy atom. The van der Waals surface area contributed by atoms with Crippen molar-refractivity contribution in [2.75, 3.05) is 26.3 Å². The molecule has 0 aliphatic carbocycles. The second-order valence-corrected chi connectivity index (χ2v) is 9.30. The number of carbonyl (C=O) groups excluding carboxylic acids is 2. The Morgan fingerprint density at radius 1 is 0.846 bits per heavy atom. The van der Waals surface area contributed by atoms with Crippen LogP contribution in [0.25, 0.3) is 0 Å². The lowest BCUT2D eigenvalue weighted by molar-refractivity contribution is -0.848. The summed E-state index contributed by atoms with van der Waals surface area (Å²) in [6.45, 7) is 10.8. The third-order valence-electron chi connectivity index (χ3n) is 6.29. The molecule has 26 heavy (non-hydrogen) atoms. The van der Waals surface area contributed by atoms with E-state index in [0.717, 1.165) is 38.5 Å². The number of quaternary nitrogens is 1. The van der Waals surface area contributed by atoms with Crippen molar-refractivity contribution in [1.82, 2.24) is 0 Å². The topological polar surface area (TPSA) is 80.1 Å². The lowest BCUT2D eigenvalue weighted by atomic mass is 9.73. The molecule has 0 bridgehead atoms. The predicted molar refractivity (Wildman–Crippen MR) is 98.2 cm³/mol. The number of rotatable bonds is 12. The van der Waals surface area contributed by atoms with Crippen LogP contribution in [-0.2, 0) is 19.1 Å². The zero-order valence-corrected chi connectivity index (χ0v) is 16.8. The zero-order chi connectivity index (χ0) is 19.4. The fraction of sp³-hybridized carbons (Fsp3) is 0.900. The molecule has 2 saturated heterocycles. The first kappa shape index (κ1) is 21.2. The molecule has 2 atom stereocenters. The Balaban J connectivity index is 1.52. The molecule has 6 heteroatoms. The van der Waals surface area contributed by atoms with Crippen LogP contribution < -0.4 is 5.06 Å². The third-order valence-corrected chi connectivity index (χ3v) is 6.29. The minimum Gasteiger partial charge on any atom is -0.634 e. The molecule has 2 fully saturated rings. The standard InChI is InChI=1S/C20H35NO5/c1-19(2,15-13-25-17(15)22)9-5-7-11-21(24)12-8-6-10-20(3,4)16-14-26-18(16)23/h15-16,21H,5-14H2,1-4H3. The van der Waals surface area contributed by atoms with Crippen LogP contribution in [0.3, 0.4) is 0 Å². The first-order valence-electron chi connectivity index (χ1n) is 9.98. The van der Waals surface area contributed by atoms with E-state index in [-0.39, 0.29) is 34.6 Å². The first-order chi connectivity index (χ1) is 12.1. The Bertz CT molecular complexity index is 458. The zero-order valence-electron chi connectivity index (χ0n) is 16.8. The van der Waals surface area contributed by atoms with Crippen molar-refractivity contribution < 1.29 is 24.1 Å². The Kier molecular flexibility index (Phi) is 7.08. The summed E-state index contributed by atoms with van der Waals surface area (Å²) in [5, 5.41) is 12.4. The number of esters is 2. The molecule has 0 aromatic rings. The number of nitrogens with one attached hydrogen (secondary N) is 1. The van der Waals surface area contributed by atoms with Gasteiger partial charge in [0.25, 0.3) is 0 Å². The van der Waals surface area contributed by atoms with Crippen LogP contribution in [0.5, 0.6) is 0 Å². The molecule has 150 valence electrons. The van der Waals surface area contributed by atoms with Crippen LogP contribution in [0, 0.1) is 27.9 Å². The van der Waals surface area contributed by atoms with Crippen molar-refractivity contribution in [3.8, 4) is 0 Å². The van der Waals surface area contributed by atoms with E-state index in [1.54, 1.807) is 0 Å². The molecule has 0 amide bonds. The summed E-state index contributed by atoms with van der Waals surface area (Å²) in [6.07, 6.45) is 5.63. The van der Waals surface area contributed by atoms with Gasteiger partial charge < -0.3 is 19.7 Å². The molecule has 6 nitrogen and oxygen atoms in total. The number of unbranched alkanes of at least 4 members (excludes halogenated alkanes) is 2. The van der Waals surface area contributed by atoms with E-state index in [1.165, 1.54) is 0 Å². The van der Waals surface area contributed by atoms with Gasteiger partial charge in [0.2, 0.25) is 0 Å². The molecule has 0 radical (unpaired) electrons. The second kappa shape index (κ2) is 8.70. The molecule has 2 aliphatic heterocycles. The Morgan fingerprint density at radius 2 is 1.23 bits per heavy atom. The van der Waals surface area contributed by atoms with Crippen molar-refractivity contribution in [2.45, 2.75) is 66.2 Å². The maximum absolute atomic E-state index is 12.1. The van der Waals surface area contributed by atoms with E-state index >= 15 is 0 Å². The number of carbonyl (C=O) groups is 2. The minimum absolute atomic E-state index is 0.0227. The summed E-state index contributed by atoms with van der Waals surface area (Å²) in [4.78, 5) is 22.8. The van der Waals surface area contributed by atoms with E-state index in [1.807, 2.05) is 0 Å². The van der Waals surface area contributed by atoms with Gasteiger partial charge in [-0.3, -0.25) is 9.59 Å². The molecular formula is C20H35NO5. The predicted octanol–water partition coefficient (Wildman–Crippen LogP) is 2.11. The molecule has 0 spiro atoms. The number of hydrogen-bond donors (Lipinski definition) is 1. The van der Waals surface area contributed by atoms with E-state index in [2.05, 4.69) is 27.7 Å². The molecule has 0 saturated carbocycles. The Hall–Kier alpha value is -1.14. The summed E-state index contributed by atoms with van der Waals surface area (Å²) < 4.78 is 9.73. The molecule has 0 aromatic heterocycles. The van der Waals surface area contributed by atoms with Gasteiger partial charge in [0.1, 0.15) is 13.2 Å². The summed E-state index contributed by atoms with van der Waals surface area (Å²) in [6, 6.07) is 0. The SMILES string of the molecule is CC(C)(CCCC[NH+]([O-])CCCCC(C)(C)C1COC1=O)C1COC1=O. The van der Waals surface area contributed by atoms with E-state index < -0.39 is 0 Å². The van der Waals surface area contributed by atoms with Gasteiger partial charge in [0, 0.05) is 0 Å². The molecule has 1 N–H and O–H groups in total. The number of hydrogen-bond acceptors (Lipinski definition) is 5. The van der Waals surface area contributed by atoms with Crippen LogP contribution >= 0.6 is 0 Å². The maximum Gasteiger partial charge on any atom is 0.312 e. The minimum atomic E-state index is -0.0795. The van der Waals surface area contributed by atoms with Gasteiger partial charge in [-0.1, -0.05) is 27.7 Å². The van der Waals surface area contributed by atoms with Crippen molar-refractivity contribution in [3.63, 3.8) is 0 Å². The highest BCUT2D eigenvalue weighted by Crippen LogP contribution is 2.38. The quantitative estimate of drug-likeness (QED) is 0.324. The normalized spacial score (nSPS) is 24.3. The van der Waals surface area contributed by atoms with Crippen molar-refractivity contribution in [1.29, 1.82) is 0 Å². The van der Waals surface area contributed by atoms with Crippen molar-refractivity contribution >= 4 is 11.9 Å². The van der Waals surface area contributed by atoms with Crippen LogP contribution in [0.2, 0.25) is 0 Å². The highest BCUT2D eigenvalue weighted by Gasteiger charge is 2.43. The van der Waals surface area contributed by atoms with Gasteiger partial charge in [-0.15, -0.1) is 0 Å². The largest absolute Gasteiger partial charge is 0.634 e. The van der Waals surface area contributed by atoms with Crippen molar-refractivity contribution in [2.24, 2.45) is 22.7 Å². The molecule has 2 rings (SSSR count). The van der Waals surface area contributed by atoms with Crippen LogP contribution in [0.1, 0.15) is 66.2 Å². The van der Waals surface area contributed by atoms with Crippen LogP contribution in [0.4, 0.5) is 0 Å². The van der Waals surface area contributed by atoms with Crippen LogP contribution in [-0.4, -0.2) is 38.2 Å². The van der Waals surface area contributed by atoms with Gasteiger partial charge in [0.05, 0.1) is 24.9 Å². The van der Waals surface area contributed by atoms with E-state index in [4.69, 9.17) is 9.47 Å². The fourth-order valence-corrected chi connectivity index (χ4v) is 3.84. The molecule has 2 aliphatic rings. The summed E-state index contributed by atoms with van der Waals surface area (Å²) >= 11 is 0. The summed E-state index contributed by atoms with van der Waals surface area (Å²) in [5.74, 6) is -0.114. The van der Waals surface area contributed by atoms with E-state index in [0.29, 0.717) is 31.4 Å². The Labute approximate surface area is 157 Å². The van der Waals surface area contributed by atoms with Crippen LogP contribution in [0.15, 0.2) is 0 Å². The smallest absolute Gasteiger partial charge is 0.312 e. The molecule has 2 heterocycles. The maximum atomic E-state index is 12.1. The average Bonchev–Trinajstić information content (AvgIpc) is 2.51. The highest BCUT2D eigenvalue weighted by atomic mass is 16.6. The van der Waals surface area contributed by atoms with Gasteiger partial charge in [-0.2, -0.15) is 0 Å². The van der Waals surface area contributed by atoms with Gasteiger partial charge in [0.15, 0.2) is 0 Å². The third kappa shape index (κ3) is 5.43. The summed E-state index contributed by atoms with van der Waals surface area (Å²) in [5.41, 5.74) is -0.0702. The average molecular weight is 370 g/mol. The molecular weight excluding hydrogens is 334 g/mol. The monoisotopic (exact) mass is 369 g/mol. The van der Waals surface area contributed by atoms with Gasteiger partial charge >= 0.3 is 11.9 Å². The lowest BCUT2D eigenvalue weighted by Crippen LogP contribution is -3.07. The van der Waals surface area contributed by atoms with Gasteiger partial charge in [-0.25, -0.2) is 0 Å². The molecule has 0 aromatic carbocycles. The number of hydroxylamine groups is 2.